The second kappa shape index (κ2) is 3.14. The maximum Gasteiger partial charge on any atom is 0.183 e. The van der Waals surface area contributed by atoms with Gasteiger partial charge in [0.05, 0.1) is 7.11 Å². The molecule has 2 aliphatic rings. The van der Waals surface area contributed by atoms with Gasteiger partial charge in [-0.1, -0.05) is 29.3 Å². The van der Waals surface area contributed by atoms with Crippen molar-refractivity contribution >= 4 is 29.0 Å². The van der Waals surface area contributed by atoms with Crippen LogP contribution in [-0.4, -0.2) is 17.2 Å². The summed E-state index contributed by atoms with van der Waals surface area (Å²) in [6.45, 7) is 0. The largest absolute Gasteiger partial charge is 0.497 e. The van der Waals surface area contributed by atoms with Gasteiger partial charge in [0.1, 0.15) is 5.75 Å². The zero-order valence-corrected chi connectivity index (χ0v) is 10.2. The summed E-state index contributed by atoms with van der Waals surface area (Å²) in [5, 5.41) is 0. The van der Waals surface area contributed by atoms with E-state index in [1.807, 2.05) is 18.2 Å². The highest BCUT2D eigenvalue weighted by Gasteiger charge is 2.63. The van der Waals surface area contributed by atoms with Gasteiger partial charge in [-0.25, -0.2) is 0 Å². The molecule has 2 aliphatic carbocycles. The van der Waals surface area contributed by atoms with E-state index in [1.165, 1.54) is 0 Å². The first-order valence-corrected chi connectivity index (χ1v) is 5.90. The van der Waals surface area contributed by atoms with E-state index >= 15 is 0 Å². The fourth-order valence-corrected chi connectivity index (χ4v) is 3.56. The minimum absolute atomic E-state index is 0.0305. The summed E-state index contributed by atoms with van der Waals surface area (Å²) in [7, 11) is 1.62. The van der Waals surface area contributed by atoms with Gasteiger partial charge >= 0.3 is 0 Å². The Morgan fingerprint density at radius 3 is 2.88 bits per heavy atom. The molecule has 1 fully saturated rings. The molecule has 1 saturated carbocycles. The van der Waals surface area contributed by atoms with Crippen molar-refractivity contribution in [2.45, 2.75) is 16.7 Å². The third-order valence-electron chi connectivity index (χ3n) is 3.59. The summed E-state index contributed by atoms with van der Waals surface area (Å²) < 4.78 is 3.94. The molecule has 0 bridgehead atoms. The first-order valence-electron chi connectivity index (χ1n) is 5.14. The number of halogens is 2. The summed E-state index contributed by atoms with van der Waals surface area (Å²) in [5.74, 6) is 0.643. The smallest absolute Gasteiger partial charge is 0.183 e. The average Bonchev–Trinajstić information content (AvgIpc) is 2.64. The molecule has 0 amide bonds. The van der Waals surface area contributed by atoms with Crippen molar-refractivity contribution in [1.29, 1.82) is 0 Å². The van der Waals surface area contributed by atoms with E-state index in [0.29, 0.717) is 0 Å². The monoisotopic (exact) mass is 256 g/mol. The number of Topliss-reactive ketones (excluding diaryl/α,β-unsaturated/α-hetero) is 1. The van der Waals surface area contributed by atoms with Crippen LogP contribution < -0.4 is 4.74 Å². The number of benzene rings is 1. The topological polar surface area (TPSA) is 26.3 Å². The first-order chi connectivity index (χ1) is 7.55. The van der Waals surface area contributed by atoms with Crippen LogP contribution in [0, 0.1) is 5.92 Å². The second-order valence-electron chi connectivity index (χ2n) is 4.34. The summed E-state index contributed by atoms with van der Waals surface area (Å²) in [5.41, 5.74) is 2.22. The Hall–Kier alpha value is -0.730. The number of hydrogen-bond donors (Lipinski definition) is 0. The average molecular weight is 257 g/mol. The number of hydrogen-bond acceptors (Lipinski definition) is 2. The normalized spacial score (nSPS) is 29.3. The lowest BCUT2D eigenvalue weighted by Gasteiger charge is -2.41. The molecule has 0 saturated heterocycles. The van der Waals surface area contributed by atoms with Gasteiger partial charge in [0.25, 0.3) is 0 Å². The number of ketones is 1. The Morgan fingerprint density at radius 1 is 1.44 bits per heavy atom. The summed E-state index contributed by atoms with van der Waals surface area (Å²) in [6.07, 6.45) is 0.754. The third kappa shape index (κ3) is 1.12. The van der Waals surface area contributed by atoms with Gasteiger partial charge in [0.2, 0.25) is 0 Å². The van der Waals surface area contributed by atoms with Crippen LogP contribution in [0.5, 0.6) is 5.75 Å². The molecule has 0 aromatic heterocycles. The molecule has 0 radical (unpaired) electrons. The highest BCUT2D eigenvalue weighted by molar-refractivity contribution is 6.61. The molecule has 4 heteroatoms. The fraction of sp³-hybridized carbons (Fsp3) is 0.417. The molecule has 2 atom stereocenters. The number of carbonyl (C=O) groups excluding carboxylic acids is 1. The Balaban J connectivity index is 2.08. The Kier molecular flexibility index (Phi) is 2.05. The Bertz CT molecular complexity index is 482. The number of alkyl halides is 2. The SMILES string of the molecule is COc1ccc2c(c1)[C@@H]1[C@H](C2)C(=O)C1(Cl)Cl. The maximum absolute atomic E-state index is 11.7. The highest BCUT2D eigenvalue weighted by Crippen LogP contribution is 2.60. The van der Waals surface area contributed by atoms with E-state index in [0.717, 1.165) is 23.3 Å². The van der Waals surface area contributed by atoms with E-state index in [9.17, 15) is 4.79 Å². The van der Waals surface area contributed by atoms with Crippen LogP contribution in [0.3, 0.4) is 0 Å². The molecule has 3 rings (SSSR count). The summed E-state index contributed by atoms with van der Waals surface area (Å²) in [6, 6.07) is 5.83. The lowest BCUT2D eigenvalue weighted by molar-refractivity contribution is -0.131. The molecule has 0 N–H and O–H groups in total. The van der Waals surface area contributed by atoms with E-state index in [4.69, 9.17) is 27.9 Å². The molecule has 16 heavy (non-hydrogen) atoms. The van der Waals surface area contributed by atoms with Crippen molar-refractivity contribution < 1.29 is 9.53 Å². The van der Waals surface area contributed by atoms with Crippen LogP contribution >= 0.6 is 23.2 Å². The van der Waals surface area contributed by atoms with Crippen LogP contribution in [0.25, 0.3) is 0 Å². The number of rotatable bonds is 1. The van der Waals surface area contributed by atoms with E-state index in [2.05, 4.69) is 0 Å². The molecular formula is C12H10Cl2O2. The van der Waals surface area contributed by atoms with Gasteiger partial charge < -0.3 is 4.74 Å². The maximum atomic E-state index is 11.7. The van der Waals surface area contributed by atoms with Crippen molar-refractivity contribution in [3.63, 3.8) is 0 Å². The van der Waals surface area contributed by atoms with Gasteiger partial charge in [0.15, 0.2) is 10.1 Å². The lowest BCUT2D eigenvalue weighted by Crippen LogP contribution is -2.52. The third-order valence-corrected chi connectivity index (χ3v) is 4.43. The summed E-state index contributed by atoms with van der Waals surface area (Å²) in [4.78, 5) is 11.7. The Labute approximate surface area is 103 Å². The van der Waals surface area contributed by atoms with Crippen LogP contribution in [-0.2, 0) is 11.2 Å². The van der Waals surface area contributed by atoms with Crippen molar-refractivity contribution in [2.75, 3.05) is 7.11 Å². The Morgan fingerprint density at radius 2 is 2.19 bits per heavy atom. The zero-order chi connectivity index (χ0) is 11.5. The van der Waals surface area contributed by atoms with Crippen molar-refractivity contribution in [3.8, 4) is 5.75 Å². The van der Waals surface area contributed by atoms with E-state index in [-0.39, 0.29) is 17.6 Å². The van der Waals surface area contributed by atoms with Gasteiger partial charge in [-0.15, -0.1) is 0 Å². The predicted octanol–water partition coefficient (Wildman–Crippen LogP) is 2.71. The summed E-state index contributed by atoms with van der Waals surface area (Å²) >= 11 is 12.1. The number of fused-ring (bicyclic) bond motifs is 3. The number of carbonyl (C=O) groups is 1. The van der Waals surface area contributed by atoms with Gasteiger partial charge in [0, 0.05) is 11.8 Å². The molecule has 1 aromatic carbocycles. The fourth-order valence-electron chi connectivity index (χ4n) is 2.74. The minimum Gasteiger partial charge on any atom is -0.497 e. The minimum atomic E-state index is -1.23. The van der Waals surface area contributed by atoms with Crippen molar-refractivity contribution in [1.82, 2.24) is 0 Å². The number of methoxy groups -OCH3 is 1. The molecule has 0 spiro atoms. The lowest BCUT2D eigenvalue weighted by atomic mass is 9.72. The van der Waals surface area contributed by atoms with Crippen molar-refractivity contribution in [2.24, 2.45) is 5.92 Å². The van der Waals surface area contributed by atoms with Gasteiger partial charge in [-0.2, -0.15) is 0 Å². The molecule has 1 aromatic rings. The number of ether oxygens (including phenoxy) is 1. The second-order valence-corrected chi connectivity index (χ2v) is 5.73. The molecule has 2 nitrogen and oxygen atoms in total. The molecular weight excluding hydrogens is 247 g/mol. The molecule has 84 valence electrons. The predicted molar refractivity (Wildman–Crippen MR) is 62.4 cm³/mol. The van der Waals surface area contributed by atoms with E-state index < -0.39 is 4.33 Å². The van der Waals surface area contributed by atoms with E-state index in [1.54, 1.807) is 7.11 Å². The molecule has 0 unspecified atom stereocenters. The highest BCUT2D eigenvalue weighted by atomic mass is 35.5. The zero-order valence-electron chi connectivity index (χ0n) is 8.67. The van der Waals surface area contributed by atoms with Crippen molar-refractivity contribution in [3.05, 3.63) is 29.3 Å². The van der Waals surface area contributed by atoms with Gasteiger partial charge in [-0.05, 0) is 29.7 Å². The standard InChI is InChI=1S/C12H10Cl2O2/c1-16-7-3-2-6-4-9-10(8(6)5-7)12(13,14)11(9)15/h2-3,5,9-10H,4H2,1H3/t9-,10+/m0/s1. The van der Waals surface area contributed by atoms with Crippen LogP contribution in [0.2, 0.25) is 0 Å². The molecule has 0 heterocycles. The molecule has 0 aliphatic heterocycles. The first kappa shape index (κ1) is 10.4. The van der Waals surface area contributed by atoms with Crippen LogP contribution in [0.4, 0.5) is 0 Å². The van der Waals surface area contributed by atoms with Gasteiger partial charge in [-0.3, -0.25) is 4.79 Å². The van der Waals surface area contributed by atoms with Crippen LogP contribution in [0.1, 0.15) is 17.0 Å². The van der Waals surface area contributed by atoms with Crippen LogP contribution in [0.15, 0.2) is 18.2 Å². The quantitative estimate of drug-likeness (QED) is 0.723.